The van der Waals surface area contributed by atoms with Gasteiger partial charge in [0.25, 0.3) is 5.91 Å². The zero-order chi connectivity index (χ0) is 23.8. The number of carbonyl (C=O) groups is 2. The number of sulfone groups is 1. The molecule has 1 amide bonds. The third-order valence-corrected chi connectivity index (χ3v) is 7.86. The number of benzene rings is 2. The Hall–Kier alpha value is -2.45. The van der Waals surface area contributed by atoms with Gasteiger partial charge in [0.15, 0.2) is 0 Å². The molecular weight excluding hydrogens is 428 g/mol. The summed E-state index contributed by atoms with van der Waals surface area (Å²) in [5, 5.41) is 10.6. The quantitative estimate of drug-likeness (QED) is 0.435. The summed E-state index contributed by atoms with van der Waals surface area (Å²) < 4.78 is 27.5. The molecule has 0 aromatic heterocycles. The average molecular weight is 463 g/mol. The van der Waals surface area contributed by atoms with Crippen molar-refractivity contribution in [2.45, 2.75) is 68.6 Å². The van der Waals surface area contributed by atoms with Crippen LogP contribution in [0.5, 0.6) is 0 Å². The Morgan fingerprint density at radius 1 is 0.938 bits per heavy atom. The maximum atomic E-state index is 13.8. The summed E-state index contributed by atoms with van der Waals surface area (Å²) in [7, 11) is -4.52. The largest absolute Gasteiger partial charge is 0.481 e. The Kier molecular flexibility index (Phi) is 9.21. The lowest BCUT2D eigenvalue weighted by molar-refractivity contribution is -0.143. The van der Waals surface area contributed by atoms with Crippen LogP contribution in [0.4, 0.5) is 0 Å². The molecule has 0 aliphatic carbocycles. The van der Waals surface area contributed by atoms with Crippen LogP contribution in [0.1, 0.15) is 58.8 Å². The van der Waals surface area contributed by atoms with Gasteiger partial charge in [-0.25, -0.2) is 8.42 Å². The van der Waals surface area contributed by atoms with E-state index in [0.717, 1.165) is 25.7 Å². The fourth-order valence-corrected chi connectivity index (χ4v) is 5.62. The minimum Gasteiger partial charge on any atom is -0.481 e. The zero-order valence-electron chi connectivity index (χ0n) is 18.9. The van der Waals surface area contributed by atoms with Crippen LogP contribution in [0.25, 0.3) is 10.8 Å². The number of rotatable bonds is 13. The second kappa shape index (κ2) is 11.4. The molecule has 0 radical (unpaired) electrons. The SMILES string of the molecule is CCCCCN(CCCCC)C(=O)[C@@](N)(CC(=O)O)S(=O)(=O)c1cccc2ccccc12. The number of unbranched alkanes of at least 4 members (excludes halogenated alkanes) is 4. The molecule has 0 aliphatic heterocycles. The third kappa shape index (κ3) is 5.66. The van der Waals surface area contributed by atoms with Gasteiger partial charge in [0.1, 0.15) is 0 Å². The number of amides is 1. The first-order valence-electron chi connectivity index (χ1n) is 11.2. The Balaban J connectivity index is 2.56. The van der Waals surface area contributed by atoms with Gasteiger partial charge in [0, 0.05) is 18.5 Å². The third-order valence-electron chi connectivity index (χ3n) is 5.64. The van der Waals surface area contributed by atoms with E-state index in [1.165, 1.54) is 11.0 Å². The molecule has 7 nitrogen and oxygen atoms in total. The molecule has 3 N–H and O–H groups in total. The van der Waals surface area contributed by atoms with Gasteiger partial charge >= 0.3 is 5.97 Å². The lowest BCUT2D eigenvalue weighted by atomic mass is 10.1. The van der Waals surface area contributed by atoms with E-state index in [4.69, 9.17) is 5.73 Å². The Morgan fingerprint density at radius 2 is 1.50 bits per heavy atom. The predicted molar refractivity (Wildman–Crippen MR) is 126 cm³/mol. The molecule has 8 heteroatoms. The number of fused-ring (bicyclic) bond motifs is 1. The molecule has 0 fully saturated rings. The molecule has 0 aliphatic rings. The number of nitrogens with zero attached hydrogens (tertiary/aromatic N) is 1. The van der Waals surface area contributed by atoms with Crippen LogP contribution in [0.15, 0.2) is 47.4 Å². The molecule has 0 unspecified atom stereocenters. The smallest absolute Gasteiger partial charge is 0.306 e. The number of nitrogens with two attached hydrogens (primary N) is 1. The van der Waals surface area contributed by atoms with E-state index < -0.39 is 33.0 Å². The van der Waals surface area contributed by atoms with E-state index in [0.29, 0.717) is 36.7 Å². The normalized spacial score (nSPS) is 13.6. The topological polar surface area (TPSA) is 118 Å². The molecule has 0 heterocycles. The second-order valence-corrected chi connectivity index (χ2v) is 10.3. The molecule has 2 rings (SSSR count). The molecule has 0 bridgehead atoms. The van der Waals surface area contributed by atoms with E-state index in [2.05, 4.69) is 0 Å². The standard InChI is InChI=1S/C24H34N2O5S/c1-3-5-9-16-26(17-10-6-4-2)23(29)24(25,18-22(27)28)32(30,31)21-15-11-13-19-12-7-8-14-20(19)21/h7-8,11-15H,3-6,9-10,16-18,25H2,1-2H3,(H,27,28)/t24-/m1/s1. The van der Waals surface area contributed by atoms with Crippen LogP contribution in [0.3, 0.4) is 0 Å². The summed E-state index contributed by atoms with van der Waals surface area (Å²) in [6, 6.07) is 11.6. The van der Waals surface area contributed by atoms with Gasteiger partial charge in [0.2, 0.25) is 14.7 Å². The summed E-state index contributed by atoms with van der Waals surface area (Å²) in [5.74, 6) is -2.29. The molecule has 2 aromatic rings. The van der Waals surface area contributed by atoms with Crippen molar-refractivity contribution >= 4 is 32.5 Å². The first kappa shape index (κ1) is 25.8. The minimum atomic E-state index is -4.52. The lowest BCUT2D eigenvalue weighted by Gasteiger charge is -2.33. The first-order valence-corrected chi connectivity index (χ1v) is 12.7. The van der Waals surface area contributed by atoms with Crippen molar-refractivity contribution in [3.8, 4) is 0 Å². The van der Waals surface area contributed by atoms with Crippen LogP contribution >= 0.6 is 0 Å². The van der Waals surface area contributed by atoms with E-state index in [1.807, 2.05) is 13.8 Å². The monoisotopic (exact) mass is 462 g/mol. The molecule has 32 heavy (non-hydrogen) atoms. The van der Waals surface area contributed by atoms with E-state index in [1.54, 1.807) is 36.4 Å². The van der Waals surface area contributed by atoms with E-state index >= 15 is 0 Å². The molecule has 1 atom stereocenters. The Bertz CT molecular complexity index is 1020. The van der Waals surface area contributed by atoms with Gasteiger partial charge in [0.05, 0.1) is 11.3 Å². The molecule has 0 saturated carbocycles. The Labute approximate surface area is 190 Å². The summed E-state index contributed by atoms with van der Waals surface area (Å²) in [6.45, 7) is 4.76. The van der Waals surface area contributed by atoms with E-state index in [-0.39, 0.29) is 4.90 Å². The van der Waals surface area contributed by atoms with Crippen molar-refractivity contribution in [2.75, 3.05) is 13.1 Å². The van der Waals surface area contributed by atoms with Crippen molar-refractivity contribution in [3.05, 3.63) is 42.5 Å². The highest BCUT2D eigenvalue weighted by atomic mass is 32.2. The van der Waals surface area contributed by atoms with Crippen LogP contribution in [0.2, 0.25) is 0 Å². The lowest BCUT2D eigenvalue weighted by Crippen LogP contribution is -2.61. The number of hydrogen-bond donors (Lipinski definition) is 2. The minimum absolute atomic E-state index is 0.130. The highest BCUT2D eigenvalue weighted by Gasteiger charge is 2.52. The number of carbonyl (C=O) groups excluding carboxylic acids is 1. The maximum absolute atomic E-state index is 13.8. The number of carboxylic acids is 1. The van der Waals surface area contributed by atoms with Gasteiger partial charge < -0.3 is 15.7 Å². The van der Waals surface area contributed by atoms with Crippen LogP contribution < -0.4 is 5.73 Å². The van der Waals surface area contributed by atoms with Gasteiger partial charge in [-0.15, -0.1) is 0 Å². The van der Waals surface area contributed by atoms with Gasteiger partial charge in [-0.1, -0.05) is 75.9 Å². The van der Waals surface area contributed by atoms with Crippen LogP contribution in [-0.2, 0) is 19.4 Å². The summed E-state index contributed by atoms with van der Waals surface area (Å²) in [4.78, 5) is 24.0. The van der Waals surface area contributed by atoms with Crippen LogP contribution in [0, 0.1) is 0 Å². The highest BCUT2D eigenvalue weighted by Crippen LogP contribution is 2.32. The summed E-state index contributed by atoms with van der Waals surface area (Å²) >= 11 is 0. The van der Waals surface area contributed by atoms with Crippen molar-refractivity contribution in [1.82, 2.24) is 4.90 Å². The van der Waals surface area contributed by atoms with Crippen molar-refractivity contribution < 1.29 is 23.1 Å². The fraction of sp³-hybridized carbons (Fsp3) is 0.500. The fourth-order valence-electron chi connectivity index (χ4n) is 3.82. The summed E-state index contributed by atoms with van der Waals surface area (Å²) in [5.41, 5.74) is 6.29. The zero-order valence-corrected chi connectivity index (χ0v) is 19.7. The van der Waals surface area contributed by atoms with Gasteiger partial charge in [-0.2, -0.15) is 0 Å². The van der Waals surface area contributed by atoms with Crippen molar-refractivity contribution in [3.63, 3.8) is 0 Å². The van der Waals surface area contributed by atoms with E-state index in [9.17, 15) is 23.1 Å². The average Bonchev–Trinajstić information content (AvgIpc) is 2.76. The van der Waals surface area contributed by atoms with Crippen molar-refractivity contribution in [2.24, 2.45) is 5.73 Å². The molecule has 176 valence electrons. The highest BCUT2D eigenvalue weighted by molar-refractivity contribution is 7.93. The maximum Gasteiger partial charge on any atom is 0.306 e. The molecule has 0 spiro atoms. The van der Waals surface area contributed by atoms with Gasteiger partial charge in [-0.05, 0) is 24.3 Å². The molecule has 0 saturated heterocycles. The number of aliphatic carboxylic acids is 1. The predicted octanol–water partition coefficient (Wildman–Crippen LogP) is 3.95. The van der Waals surface area contributed by atoms with Gasteiger partial charge in [-0.3, -0.25) is 9.59 Å². The van der Waals surface area contributed by atoms with Crippen molar-refractivity contribution in [1.29, 1.82) is 0 Å². The second-order valence-electron chi connectivity index (χ2n) is 8.15. The first-order chi connectivity index (χ1) is 15.2. The van der Waals surface area contributed by atoms with Crippen LogP contribution in [-0.4, -0.2) is 48.3 Å². The number of hydrogen-bond acceptors (Lipinski definition) is 5. The molecule has 2 aromatic carbocycles. The Morgan fingerprint density at radius 3 is 2.06 bits per heavy atom. The summed E-state index contributed by atoms with van der Waals surface area (Å²) in [6.07, 6.45) is 4.03. The number of carboxylic acid groups (broad SMARTS) is 1. The molecular formula is C24H34N2O5S.